The summed E-state index contributed by atoms with van der Waals surface area (Å²) >= 11 is 0. The van der Waals surface area contributed by atoms with Crippen molar-refractivity contribution in [3.63, 3.8) is 0 Å². The SMILES string of the molecule is O=C(O)CCc1cccc(NC(=O)CCCOc2ccccc2)c1. The number of carbonyl (C=O) groups is 2. The largest absolute Gasteiger partial charge is 0.494 e. The molecule has 24 heavy (non-hydrogen) atoms. The molecule has 0 atom stereocenters. The summed E-state index contributed by atoms with van der Waals surface area (Å²) in [5.74, 6) is -0.117. The van der Waals surface area contributed by atoms with Gasteiger partial charge in [-0.3, -0.25) is 9.59 Å². The smallest absolute Gasteiger partial charge is 0.303 e. The summed E-state index contributed by atoms with van der Waals surface area (Å²) in [6.45, 7) is 0.482. The number of ether oxygens (including phenoxy) is 1. The predicted octanol–water partition coefficient (Wildman–Crippen LogP) is 3.50. The fourth-order valence-electron chi connectivity index (χ4n) is 2.22. The van der Waals surface area contributed by atoms with E-state index >= 15 is 0 Å². The van der Waals surface area contributed by atoms with Crippen LogP contribution >= 0.6 is 0 Å². The molecule has 2 aromatic carbocycles. The Balaban J connectivity index is 1.72. The second-order valence-electron chi connectivity index (χ2n) is 5.41. The van der Waals surface area contributed by atoms with E-state index in [-0.39, 0.29) is 12.3 Å². The molecule has 0 unspecified atom stereocenters. The van der Waals surface area contributed by atoms with Gasteiger partial charge in [0.25, 0.3) is 0 Å². The minimum Gasteiger partial charge on any atom is -0.494 e. The summed E-state index contributed by atoms with van der Waals surface area (Å²) in [5, 5.41) is 11.5. The van der Waals surface area contributed by atoms with Gasteiger partial charge in [-0.25, -0.2) is 0 Å². The Kier molecular flexibility index (Phi) is 6.83. The number of para-hydroxylation sites is 1. The molecule has 0 bridgehead atoms. The minimum absolute atomic E-state index is 0.0776. The van der Waals surface area contributed by atoms with E-state index in [1.165, 1.54) is 0 Å². The van der Waals surface area contributed by atoms with Gasteiger partial charge in [0.1, 0.15) is 5.75 Å². The van der Waals surface area contributed by atoms with Crippen molar-refractivity contribution in [2.45, 2.75) is 25.7 Å². The molecule has 5 nitrogen and oxygen atoms in total. The summed E-state index contributed by atoms with van der Waals surface area (Å²) in [4.78, 5) is 22.5. The molecular formula is C19H21NO4. The molecule has 0 fully saturated rings. The number of aliphatic carboxylic acids is 1. The van der Waals surface area contributed by atoms with Crippen LogP contribution in [0.2, 0.25) is 0 Å². The van der Waals surface area contributed by atoms with Gasteiger partial charge in [0.15, 0.2) is 0 Å². The molecular weight excluding hydrogens is 306 g/mol. The first-order valence-corrected chi connectivity index (χ1v) is 7.92. The Labute approximate surface area is 141 Å². The van der Waals surface area contributed by atoms with Gasteiger partial charge in [-0.15, -0.1) is 0 Å². The van der Waals surface area contributed by atoms with E-state index in [4.69, 9.17) is 9.84 Å². The highest BCUT2D eigenvalue weighted by molar-refractivity contribution is 5.90. The maximum absolute atomic E-state index is 11.9. The summed E-state index contributed by atoms with van der Waals surface area (Å²) in [6, 6.07) is 16.7. The van der Waals surface area contributed by atoms with Crippen LogP contribution in [0.15, 0.2) is 54.6 Å². The standard InChI is InChI=1S/C19H21NO4/c21-18(10-5-13-24-17-8-2-1-3-9-17)20-16-7-4-6-15(14-16)11-12-19(22)23/h1-4,6-9,14H,5,10-13H2,(H,20,21)(H,22,23). The van der Waals surface area contributed by atoms with Crippen LogP contribution in [0.3, 0.4) is 0 Å². The molecule has 0 aliphatic rings. The summed E-state index contributed by atoms with van der Waals surface area (Å²) < 4.78 is 5.54. The molecule has 2 N–H and O–H groups in total. The van der Waals surface area contributed by atoms with Gasteiger partial charge in [-0.1, -0.05) is 30.3 Å². The molecule has 0 heterocycles. The van der Waals surface area contributed by atoms with E-state index in [2.05, 4.69) is 5.32 Å². The number of anilines is 1. The second kappa shape index (κ2) is 9.35. The number of nitrogens with one attached hydrogen (secondary N) is 1. The first-order chi connectivity index (χ1) is 11.6. The molecule has 2 aromatic rings. The molecule has 0 aromatic heterocycles. The average molecular weight is 327 g/mol. The first-order valence-electron chi connectivity index (χ1n) is 7.92. The Morgan fingerprint density at radius 1 is 1.00 bits per heavy atom. The fourth-order valence-corrected chi connectivity index (χ4v) is 2.22. The van der Waals surface area contributed by atoms with E-state index in [0.29, 0.717) is 31.6 Å². The Morgan fingerprint density at radius 2 is 1.79 bits per heavy atom. The van der Waals surface area contributed by atoms with Gasteiger partial charge in [0.2, 0.25) is 5.91 Å². The van der Waals surface area contributed by atoms with Gasteiger partial charge < -0.3 is 15.2 Å². The van der Waals surface area contributed by atoms with E-state index in [1.807, 2.05) is 42.5 Å². The highest BCUT2D eigenvalue weighted by Gasteiger charge is 2.05. The van der Waals surface area contributed by atoms with Gasteiger partial charge in [0.05, 0.1) is 6.61 Å². The molecule has 1 amide bonds. The lowest BCUT2D eigenvalue weighted by Gasteiger charge is -2.08. The predicted molar refractivity (Wildman–Crippen MR) is 92.2 cm³/mol. The molecule has 5 heteroatoms. The van der Waals surface area contributed by atoms with Crippen LogP contribution in [0.1, 0.15) is 24.8 Å². The van der Waals surface area contributed by atoms with Crippen LogP contribution in [-0.4, -0.2) is 23.6 Å². The lowest BCUT2D eigenvalue weighted by Crippen LogP contribution is -2.13. The van der Waals surface area contributed by atoms with Crippen molar-refractivity contribution in [3.8, 4) is 5.75 Å². The number of carbonyl (C=O) groups excluding carboxylic acids is 1. The third kappa shape index (κ3) is 6.52. The average Bonchev–Trinajstić information content (AvgIpc) is 2.58. The van der Waals surface area contributed by atoms with Gasteiger partial charge in [-0.05, 0) is 42.7 Å². The number of aryl methyl sites for hydroxylation is 1. The lowest BCUT2D eigenvalue weighted by molar-refractivity contribution is -0.137. The molecule has 126 valence electrons. The van der Waals surface area contributed by atoms with Crippen LogP contribution in [0.5, 0.6) is 5.75 Å². The fraction of sp³-hybridized carbons (Fsp3) is 0.263. The van der Waals surface area contributed by atoms with Crippen LogP contribution in [0, 0.1) is 0 Å². The summed E-state index contributed by atoms with van der Waals surface area (Å²) in [5.41, 5.74) is 1.58. The number of amides is 1. The highest BCUT2D eigenvalue weighted by atomic mass is 16.5. The summed E-state index contributed by atoms with van der Waals surface area (Å²) in [6.07, 6.45) is 1.52. The number of hydrogen-bond acceptors (Lipinski definition) is 3. The van der Waals surface area contributed by atoms with Crippen LogP contribution in [0.4, 0.5) is 5.69 Å². The van der Waals surface area contributed by atoms with Crippen molar-refractivity contribution >= 4 is 17.6 Å². The van der Waals surface area contributed by atoms with Crippen LogP contribution < -0.4 is 10.1 Å². The zero-order valence-corrected chi connectivity index (χ0v) is 13.4. The second-order valence-corrected chi connectivity index (χ2v) is 5.41. The maximum Gasteiger partial charge on any atom is 0.303 e. The molecule has 0 aliphatic heterocycles. The number of benzene rings is 2. The third-order valence-corrected chi connectivity index (χ3v) is 3.40. The zero-order valence-electron chi connectivity index (χ0n) is 13.4. The first kappa shape index (κ1) is 17.5. The number of carboxylic acids is 1. The molecule has 0 radical (unpaired) electrons. The van der Waals surface area contributed by atoms with Crippen molar-refractivity contribution < 1.29 is 19.4 Å². The molecule has 0 saturated carbocycles. The normalized spacial score (nSPS) is 10.2. The van der Waals surface area contributed by atoms with Gasteiger partial charge >= 0.3 is 5.97 Å². The van der Waals surface area contributed by atoms with Gasteiger partial charge in [-0.2, -0.15) is 0 Å². The quantitative estimate of drug-likeness (QED) is 0.691. The highest BCUT2D eigenvalue weighted by Crippen LogP contribution is 2.13. The number of hydrogen-bond donors (Lipinski definition) is 2. The topological polar surface area (TPSA) is 75.6 Å². The van der Waals surface area contributed by atoms with Crippen LogP contribution in [0.25, 0.3) is 0 Å². The Bertz CT molecular complexity index is 670. The molecule has 2 rings (SSSR count). The Hall–Kier alpha value is -2.82. The molecule has 0 spiro atoms. The zero-order chi connectivity index (χ0) is 17.2. The lowest BCUT2D eigenvalue weighted by atomic mass is 10.1. The van der Waals surface area contributed by atoms with E-state index in [0.717, 1.165) is 11.3 Å². The van der Waals surface area contributed by atoms with Crippen molar-refractivity contribution in [3.05, 3.63) is 60.2 Å². The number of carboxylic acid groups (broad SMARTS) is 1. The molecule has 0 aliphatic carbocycles. The van der Waals surface area contributed by atoms with Crippen molar-refractivity contribution in [1.29, 1.82) is 0 Å². The minimum atomic E-state index is -0.831. The van der Waals surface area contributed by atoms with Crippen molar-refractivity contribution in [1.82, 2.24) is 0 Å². The van der Waals surface area contributed by atoms with Crippen molar-refractivity contribution in [2.24, 2.45) is 0 Å². The third-order valence-electron chi connectivity index (χ3n) is 3.40. The van der Waals surface area contributed by atoms with Crippen molar-refractivity contribution in [2.75, 3.05) is 11.9 Å². The van der Waals surface area contributed by atoms with Crippen LogP contribution in [-0.2, 0) is 16.0 Å². The monoisotopic (exact) mass is 327 g/mol. The van der Waals surface area contributed by atoms with Gasteiger partial charge in [0, 0.05) is 18.5 Å². The molecule has 0 saturated heterocycles. The van der Waals surface area contributed by atoms with E-state index in [1.54, 1.807) is 12.1 Å². The maximum atomic E-state index is 11.9. The number of rotatable bonds is 9. The summed E-state index contributed by atoms with van der Waals surface area (Å²) in [7, 11) is 0. The van der Waals surface area contributed by atoms with E-state index in [9.17, 15) is 9.59 Å². The Morgan fingerprint density at radius 3 is 2.54 bits per heavy atom. The van der Waals surface area contributed by atoms with E-state index < -0.39 is 5.97 Å².